The number of aromatic nitrogens is 2. The molecule has 1 heterocycles. The van der Waals surface area contributed by atoms with Crippen molar-refractivity contribution in [1.82, 2.24) is 20.4 Å². The molecule has 0 radical (unpaired) electrons. The maximum Gasteiger partial charge on any atom is 0.239 e. The van der Waals surface area contributed by atoms with E-state index in [0.717, 1.165) is 28.1 Å². The van der Waals surface area contributed by atoms with Crippen LogP contribution in [0, 0.1) is 13.8 Å². The maximum absolute atomic E-state index is 12.1. The third-order valence-electron chi connectivity index (χ3n) is 4.57. The van der Waals surface area contributed by atoms with Crippen LogP contribution in [-0.4, -0.2) is 28.1 Å². The molecule has 2 amide bonds. The number of nitrogens with zero attached hydrogens (tertiary/aromatic N) is 2. The summed E-state index contributed by atoms with van der Waals surface area (Å²) in [5.74, 6) is -0.381. The van der Waals surface area contributed by atoms with Crippen LogP contribution in [0.1, 0.15) is 28.1 Å². The predicted octanol–water partition coefficient (Wildman–Crippen LogP) is 2.52. The number of carbonyl (C=O) groups is 2. The highest BCUT2D eigenvalue weighted by Crippen LogP contribution is 2.10. The summed E-state index contributed by atoms with van der Waals surface area (Å²) < 4.78 is 1.97. The normalized spacial score (nSPS) is 10.6. The minimum absolute atomic E-state index is 0.0306. The Kier molecular flexibility index (Phi) is 6.79. The van der Waals surface area contributed by atoms with E-state index in [9.17, 15) is 9.59 Å². The molecule has 0 saturated heterocycles. The van der Waals surface area contributed by atoms with E-state index in [1.54, 1.807) is 0 Å². The van der Waals surface area contributed by atoms with E-state index < -0.39 is 0 Å². The number of hydrogen-bond acceptors (Lipinski definition) is 3. The minimum Gasteiger partial charge on any atom is -0.350 e. The Morgan fingerprint density at radius 3 is 2.31 bits per heavy atom. The van der Waals surface area contributed by atoms with Gasteiger partial charge < -0.3 is 10.6 Å². The van der Waals surface area contributed by atoms with Crippen LogP contribution in [0.15, 0.2) is 60.7 Å². The van der Waals surface area contributed by atoms with E-state index in [1.165, 1.54) is 0 Å². The third kappa shape index (κ3) is 6.31. The molecule has 0 saturated carbocycles. The molecule has 0 aliphatic heterocycles. The van der Waals surface area contributed by atoms with Crippen LogP contribution in [0.4, 0.5) is 0 Å². The lowest BCUT2D eigenvalue weighted by Gasteiger charge is -2.09. The Bertz CT molecular complexity index is 980. The standard InChI is InChI=1S/C23H26N4O2/c1-17-11-18(2)27(26-17)16-21-10-6-9-20(12-21)14-24-23(29)15-25-22(28)13-19-7-4-3-5-8-19/h3-12H,13-16H2,1-2H3,(H,24,29)(H,25,28). The summed E-state index contributed by atoms with van der Waals surface area (Å²) in [5.41, 5.74) is 5.17. The lowest BCUT2D eigenvalue weighted by molar-refractivity contribution is -0.125. The zero-order valence-electron chi connectivity index (χ0n) is 16.8. The molecule has 2 aromatic carbocycles. The van der Waals surface area contributed by atoms with Gasteiger partial charge in [-0.25, -0.2) is 0 Å². The molecule has 0 atom stereocenters. The number of nitrogens with one attached hydrogen (secondary N) is 2. The fraction of sp³-hybridized carbons (Fsp3) is 0.261. The van der Waals surface area contributed by atoms with Crippen molar-refractivity contribution >= 4 is 11.8 Å². The van der Waals surface area contributed by atoms with Gasteiger partial charge in [0.05, 0.1) is 25.2 Å². The molecule has 1 aromatic heterocycles. The Morgan fingerprint density at radius 1 is 0.862 bits per heavy atom. The van der Waals surface area contributed by atoms with Gasteiger partial charge in [-0.15, -0.1) is 0 Å². The van der Waals surface area contributed by atoms with Crippen LogP contribution in [0.2, 0.25) is 0 Å². The maximum atomic E-state index is 12.1. The second-order valence-electron chi connectivity index (χ2n) is 7.12. The predicted molar refractivity (Wildman–Crippen MR) is 112 cm³/mol. The van der Waals surface area contributed by atoms with E-state index in [2.05, 4.69) is 27.9 Å². The van der Waals surface area contributed by atoms with Crippen LogP contribution < -0.4 is 10.6 Å². The highest BCUT2D eigenvalue weighted by Gasteiger charge is 2.07. The fourth-order valence-electron chi connectivity index (χ4n) is 3.13. The summed E-state index contributed by atoms with van der Waals surface area (Å²) in [7, 11) is 0. The van der Waals surface area contributed by atoms with E-state index in [0.29, 0.717) is 13.1 Å². The smallest absolute Gasteiger partial charge is 0.239 e. The molecular formula is C23H26N4O2. The minimum atomic E-state index is -0.213. The Balaban J connectivity index is 1.45. The molecule has 0 fully saturated rings. The zero-order valence-corrected chi connectivity index (χ0v) is 16.8. The van der Waals surface area contributed by atoms with Crippen molar-refractivity contribution in [1.29, 1.82) is 0 Å². The van der Waals surface area contributed by atoms with Crippen molar-refractivity contribution in [3.8, 4) is 0 Å². The third-order valence-corrected chi connectivity index (χ3v) is 4.57. The van der Waals surface area contributed by atoms with Crippen LogP contribution in [-0.2, 0) is 29.1 Å². The van der Waals surface area contributed by atoms with E-state index in [-0.39, 0.29) is 24.8 Å². The molecule has 150 valence electrons. The molecule has 0 aliphatic carbocycles. The quantitative estimate of drug-likeness (QED) is 0.621. The largest absolute Gasteiger partial charge is 0.350 e. The lowest BCUT2D eigenvalue weighted by atomic mass is 10.1. The molecule has 3 aromatic rings. The van der Waals surface area contributed by atoms with Gasteiger partial charge in [0.25, 0.3) is 0 Å². The summed E-state index contributed by atoms with van der Waals surface area (Å²) in [4.78, 5) is 24.0. The molecule has 0 spiro atoms. The van der Waals surface area contributed by atoms with Crippen molar-refractivity contribution in [2.24, 2.45) is 0 Å². The monoisotopic (exact) mass is 390 g/mol. The first-order valence-electron chi connectivity index (χ1n) is 9.66. The van der Waals surface area contributed by atoms with E-state index >= 15 is 0 Å². The van der Waals surface area contributed by atoms with Gasteiger partial charge in [-0.1, -0.05) is 54.6 Å². The molecule has 0 aliphatic rings. The summed E-state index contributed by atoms with van der Waals surface area (Å²) in [6.07, 6.45) is 0.266. The van der Waals surface area contributed by atoms with E-state index in [4.69, 9.17) is 0 Å². The van der Waals surface area contributed by atoms with Crippen LogP contribution in [0.25, 0.3) is 0 Å². The number of benzene rings is 2. The van der Waals surface area contributed by atoms with Crippen LogP contribution in [0.5, 0.6) is 0 Å². The van der Waals surface area contributed by atoms with Gasteiger partial charge in [0.15, 0.2) is 0 Å². The number of hydrogen-bond donors (Lipinski definition) is 2. The molecule has 6 nitrogen and oxygen atoms in total. The molecule has 6 heteroatoms. The van der Waals surface area contributed by atoms with Gasteiger partial charge >= 0.3 is 0 Å². The first-order chi connectivity index (χ1) is 14.0. The van der Waals surface area contributed by atoms with Crippen LogP contribution >= 0.6 is 0 Å². The van der Waals surface area contributed by atoms with Gasteiger partial charge in [-0.05, 0) is 36.6 Å². The molecule has 3 rings (SSSR count). The fourth-order valence-corrected chi connectivity index (χ4v) is 3.13. The molecule has 0 bridgehead atoms. The average Bonchev–Trinajstić information content (AvgIpc) is 3.02. The topological polar surface area (TPSA) is 76.0 Å². The second-order valence-corrected chi connectivity index (χ2v) is 7.12. The summed E-state index contributed by atoms with van der Waals surface area (Å²) in [5, 5.41) is 9.99. The number of amides is 2. The van der Waals surface area contributed by atoms with Crippen molar-refractivity contribution in [2.45, 2.75) is 33.4 Å². The second kappa shape index (κ2) is 9.68. The number of aryl methyl sites for hydroxylation is 2. The highest BCUT2D eigenvalue weighted by atomic mass is 16.2. The summed E-state index contributed by atoms with van der Waals surface area (Å²) >= 11 is 0. The Labute approximate surface area is 170 Å². The van der Waals surface area contributed by atoms with Crippen molar-refractivity contribution < 1.29 is 9.59 Å². The van der Waals surface area contributed by atoms with Crippen molar-refractivity contribution in [3.63, 3.8) is 0 Å². The average molecular weight is 390 g/mol. The lowest BCUT2D eigenvalue weighted by Crippen LogP contribution is -2.37. The molecule has 0 unspecified atom stereocenters. The first-order valence-corrected chi connectivity index (χ1v) is 9.66. The highest BCUT2D eigenvalue weighted by molar-refractivity contribution is 5.85. The van der Waals surface area contributed by atoms with Gasteiger partial charge in [0.1, 0.15) is 0 Å². The number of carbonyl (C=O) groups excluding carboxylic acids is 2. The van der Waals surface area contributed by atoms with E-state index in [1.807, 2.05) is 67.1 Å². The first kappa shape index (κ1) is 20.3. The van der Waals surface area contributed by atoms with Gasteiger partial charge in [-0.2, -0.15) is 5.10 Å². The van der Waals surface area contributed by atoms with Crippen molar-refractivity contribution in [2.75, 3.05) is 6.54 Å². The summed E-state index contributed by atoms with van der Waals surface area (Å²) in [6, 6.07) is 19.6. The zero-order chi connectivity index (χ0) is 20.6. The van der Waals surface area contributed by atoms with Crippen LogP contribution in [0.3, 0.4) is 0 Å². The molecular weight excluding hydrogens is 364 g/mol. The van der Waals surface area contributed by atoms with Gasteiger partial charge in [0, 0.05) is 12.2 Å². The summed E-state index contributed by atoms with van der Waals surface area (Å²) in [6.45, 7) is 5.09. The van der Waals surface area contributed by atoms with Crippen molar-refractivity contribution in [3.05, 3.63) is 88.7 Å². The number of rotatable bonds is 8. The Morgan fingerprint density at radius 2 is 1.59 bits per heavy atom. The molecule has 2 N–H and O–H groups in total. The van der Waals surface area contributed by atoms with Gasteiger partial charge in [0.2, 0.25) is 11.8 Å². The van der Waals surface area contributed by atoms with Gasteiger partial charge in [-0.3, -0.25) is 14.3 Å². The molecule has 29 heavy (non-hydrogen) atoms. The Hall–Kier alpha value is -3.41. The SMILES string of the molecule is Cc1cc(C)n(Cc2cccc(CNC(=O)CNC(=O)Cc3ccccc3)c2)n1.